The molecule has 2 saturated heterocycles. The highest BCUT2D eigenvalue weighted by Crippen LogP contribution is 2.23. The third-order valence-electron chi connectivity index (χ3n) is 7.11. The van der Waals surface area contributed by atoms with E-state index in [1.165, 1.54) is 13.0 Å². The summed E-state index contributed by atoms with van der Waals surface area (Å²) in [5.41, 5.74) is 2.35. The second-order valence-corrected chi connectivity index (χ2v) is 9.43. The Bertz CT molecular complexity index is 1260. The Labute approximate surface area is 209 Å². The molecule has 0 radical (unpaired) electrons. The normalized spacial score (nSPS) is 17.0. The van der Waals surface area contributed by atoms with Crippen LogP contribution in [0.1, 0.15) is 27.8 Å². The van der Waals surface area contributed by atoms with E-state index in [1.807, 2.05) is 45.0 Å². The molecule has 3 heterocycles. The molecule has 0 atom stereocenters. The fraction of sp³-hybridized carbons (Fsp3) is 0.370. The van der Waals surface area contributed by atoms with Gasteiger partial charge < -0.3 is 19.7 Å². The number of anilines is 1. The molecule has 188 valence electrons. The fourth-order valence-corrected chi connectivity index (χ4v) is 4.94. The lowest BCUT2D eigenvalue weighted by Crippen LogP contribution is -2.54. The maximum absolute atomic E-state index is 14.5. The Morgan fingerprint density at radius 1 is 0.861 bits per heavy atom. The van der Waals surface area contributed by atoms with Gasteiger partial charge in [-0.25, -0.2) is 4.39 Å². The number of carbonyl (C=O) groups excluding carboxylic acids is 3. The smallest absolute Gasteiger partial charge is 0.270 e. The second kappa shape index (κ2) is 10.1. The predicted molar refractivity (Wildman–Crippen MR) is 136 cm³/mol. The number of carbonyl (C=O) groups is 3. The van der Waals surface area contributed by atoms with Crippen molar-refractivity contribution in [3.05, 3.63) is 65.6 Å². The summed E-state index contributed by atoms with van der Waals surface area (Å²) < 4.78 is 14.5. The van der Waals surface area contributed by atoms with Gasteiger partial charge in [0, 0.05) is 68.8 Å². The van der Waals surface area contributed by atoms with Gasteiger partial charge in [-0.05, 0) is 37.3 Å². The third kappa shape index (κ3) is 4.97. The Morgan fingerprint density at radius 3 is 2.22 bits per heavy atom. The monoisotopic (exact) mass is 491 g/mol. The molecule has 0 bridgehead atoms. The lowest BCUT2D eigenvalue weighted by atomic mass is 10.1. The molecular formula is C27H30FN5O3. The van der Waals surface area contributed by atoms with Gasteiger partial charge in [-0.1, -0.05) is 18.2 Å². The van der Waals surface area contributed by atoms with Crippen LogP contribution < -0.4 is 4.90 Å². The molecule has 2 aromatic carbocycles. The molecule has 1 N–H and O–H groups in total. The van der Waals surface area contributed by atoms with E-state index in [1.54, 1.807) is 12.1 Å². The van der Waals surface area contributed by atoms with Crippen LogP contribution in [0.15, 0.2) is 48.5 Å². The van der Waals surface area contributed by atoms with Crippen molar-refractivity contribution in [1.29, 1.82) is 0 Å². The molecule has 2 amide bonds. The summed E-state index contributed by atoms with van der Waals surface area (Å²) in [5, 5.41) is 1.01. The summed E-state index contributed by atoms with van der Waals surface area (Å²) in [6.07, 6.45) is 0. The largest absolute Gasteiger partial charge is 0.366 e. The number of halogens is 1. The van der Waals surface area contributed by atoms with Crippen molar-refractivity contribution >= 4 is 34.2 Å². The number of rotatable bonds is 5. The van der Waals surface area contributed by atoms with Crippen LogP contribution in [0.3, 0.4) is 0 Å². The van der Waals surface area contributed by atoms with Gasteiger partial charge in [0.15, 0.2) is 5.78 Å². The van der Waals surface area contributed by atoms with Crippen molar-refractivity contribution < 1.29 is 18.8 Å². The first-order valence-corrected chi connectivity index (χ1v) is 12.3. The molecule has 0 saturated carbocycles. The standard InChI is InChI=1S/C27H30FN5O3/c1-19(34)20-6-7-25(22(28)16-20)31-12-14-32(15-13-31)26(35)18-30-8-10-33(11-9-30)27(36)24-17-21-4-2-3-5-23(21)29-24/h2-7,16-17,29H,8-15,18H2,1H3. The van der Waals surface area contributed by atoms with Crippen LogP contribution in [0, 0.1) is 5.82 Å². The number of hydrogen-bond acceptors (Lipinski definition) is 5. The molecule has 0 spiro atoms. The van der Waals surface area contributed by atoms with Gasteiger partial charge in [0.05, 0.1) is 12.2 Å². The number of amides is 2. The van der Waals surface area contributed by atoms with Crippen molar-refractivity contribution in [2.45, 2.75) is 6.92 Å². The van der Waals surface area contributed by atoms with Crippen LogP contribution in [-0.4, -0.2) is 96.2 Å². The minimum atomic E-state index is -0.414. The minimum absolute atomic E-state index is 0.0168. The molecule has 9 heteroatoms. The number of H-pyrrole nitrogens is 1. The number of benzene rings is 2. The van der Waals surface area contributed by atoms with E-state index >= 15 is 0 Å². The lowest BCUT2D eigenvalue weighted by Gasteiger charge is -2.38. The van der Waals surface area contributed by atoms with E-state index in [4.69, 9.17) is 0 Å². The topological polar surface area (TPSA) is 80.0 Å². The van der Waals surface area contributed by atoms with Gasteiger partial charge in [0.2, 0.25) is 5.91 Å². The Hall–Kier alpha value is -3.72. The van der Waals surface area contributed by atoms with Crippen LogP contribution in [0.5, 0.6) is 0 Å². The van der Waals surface area contributed by atoms with Crippen molar-refractivity contribution in [3.63, 3.8) is 0 Å². The molecular weight excluding hydrogens is 461 g/mol. The minimum Gasteiger partial charge on any atom is -0.366 e. The molecule has 0 aliphatic carbocycles. The quantitative estimate of drug-likeness (QED) is 0.555. The molecule has 8 nitrogen and oxygen atoms in total. The maximum Gasteiger partial charge on any atom is 0.270 e. The molecule has 2 aliphatic heterocycles. The number of aromatic nitrogens is 1. The predicted octanol–water partition coefficient (Wildman–Crippen LogP) is 2.62. The lowest BCUT2D eigenvalue weighted by molar-refractivity contribution is -0.133. The van der Waals surface area contributed by atoms with Gasteiger partial charge in [-0.15, -0.1) is 0 Å². The van der Waals surface area contributed by atoms with E-state index in [2.05, 4.69) is 9.88 Å². The zero-order chi connectivity index (χ0) is 25.2. The van der Waals surface area contributed by atoms with Crippen molar-refractivity contribution in [1.82, 2.24) is 19.7 Å². The molecule has 3 aromatic rings. The van der Waals surface area contributed by atoms with E-state index < -0.39 is 5.82 Å². The second-order valence-electron chi connectivity index (χ2n) is 9.43. The van der Waals surface area contributed by atoms with Crippen LogP contribution in [-0.2, 0) is 4.79 Å². The average Bonchev–Trinajstić information content (AvgIpc) is 3.33. The number of nitrogens with one attached hydrogen (secondary N) is 1. The molecule has 2 aliphatic rings. The van der Waals surface area contributed by atoms with Crippen molar-refractivity contribution in [2.75, 3.05) is 63.8 Å². The molecule has 2 fully saturated rings. The third-order valence-corrected chi connectivity index (χ3v) is 7.11. The summed E-state index contributed by atoms with van der Waals surface area (Å²) in [4.78, 5) is 48.1. The summed E-state index contributed by atoms with van der Waals surface area (Å²) in [7, 11) is 0. The Balaban J connectivity index is 1.09. The van der Waals surface area contributed by atoms with E-state index in [0.717, 1.165) is 10.9 Å². The molecule has 36 heavy (non-hydrogen) atoms. The zero-order valence-electron chi connectivity index (χ0n) is 20.4. The highest BCUT2D eigenvalue weighted by molar-refractivity contribution is 5.98. The maximum atomic E-state index is 14.5. The van der Waals surface area contributed by atoms with Crippen LogP contribution in [0.4, 0.5) is 10.1 Å². The van der Waals surface area contributed by atoms with Crippen molar-refractivity contribution in [3.8, 4) is 0 Å². The summed E-state index contributed by atoms with van der Waals surface area (Å²) in [6.45, 7) is 6.28. The summed E-state index contributed by atoms with van der Waals surface area (Å²) >= 11 is 0. The van der Waals surface area contributed by atoms with Gasteiger partial charge in [-0.3, -0.25) is 19.3 Å². The number of Topliss-reactive ketones (excluding diaryl/α,β-unsaturated/α-hetero) is 1. The highest BCUT2D eigenvalue weighted by atomic mass is 19.1. The SMILES string of the molecule is CC(=O)c1ccc(N2CCN(C(=O)CN3CCN(C(=O)c4cc5ccccc5[nH]4)CC3)CC2)c(F)c1. The van der Waals surface area contributed by atoms with Crippen LogP contribution in [0.2, 0.25) is 0 Å². The van der Waals surface area contributed by atoms with Gasteiger partial charge in [-0.2, -0.15) is 0 Å². The molecule has 5 rings (SSSR count). The first-order valence-electron chi connectivity index (χ1n) is 12.3. The molecule has 1 aromatic heterocycles. The number of aromatic amines is 1. The van der Waals surface area contributed by atoms with Gasteiger partial charge in [0.1, 0.15) is 11.5 Å². The summed E-state index contributed by atoms with van der Waals surface area (Å²) in [6, 6.07) is 14.3. The number of ketones is 1. The first kappa shape index (κ1) is 24.0. The van der Waals surface area contributed by atoms with E-state index in [-0.39, 0.29) is 17.6 Å². The van der Waals surface area contributed by atoms with E-state index in [9.17, 15) is 18.8 Å². The number of fused-ring (bicyclic) bond motifs is 1. The Morgan fingerprint density at radius 2 is 1.56 bits per heavy atom. The zero-order valence-corrected chi connectivity index (χ0v) is 20.4. The summed E-state index contributed by atoms with van der Waals surface area (Å²) in [5.74, 6) is -0.546. The Kier molecular flexibility index (Phi) is 6.73. The van der Waals surface area contributed by atoms with Gasteiger partial charge >= 0.3 is 0 Å². The number of nitrogens with zero attached hydrogens (tertiary/aromatic N) is 4. The molecule has 0 unspecified atom stereocenters. The van der Waals surface area contributed by atoms with Crippen LogP contribution in [0.25, 0.3) is 10.9 Å². The number of para-hydroxylation sites is 1. The number of hydrogen-bond donors (Lipinski definition) is 1. The fourth-order valence-electron chi connectivity index (χ4n) is 4.94. The highest BCUT2D eigenvalue weighted by Gasteiger charge is 2.27. The average molecular weight is 492 g/mol. The van der Waals surface area contributed by atoms with Crippen LogP contribution >= 0.6 is 0 Å². The van der Waals surface area contributed by atoms with Gasteiger partial charge in [0.25, 0.3) is 5.91 Å². The van der Waals surface area contributed by atoms with Crippen molar-refractivity contribution in [2.24, 2.45) is 0 Å². The first-order chi connectivity index (χ1) is 17.4. The number of piperazine rings is 2. The van der Waals surface area contributed by atoms with E-state index in [0.29, 0.717) is 75.8 Å².